The normalized spacial score (nSPS) is 11.2. The van der Waals surface area contributed by atoms with Crippen molar-refractivity contribution in [2.24, 2.45) is 0 Å². The van der Waals surface area contributed by atoms with Crippen LogP contribution < -0.4 is 11.1 Å². The van der Waals surface area contributed by atoms with E-state index in [0.717, 1.165) is 33.2 Å². The van der Waals surface area contributed by atoms with Gasteiger partial charge in [-0.25, -0.2) is 4.98 Å². The minimum Gasteiger partial charge on any atom is -0.399 e. The van der Waals surface area contributed by atoms with Gasteiger partial charge in [0.25, 0.3) is 5.91 Å². The number of nitrogen functional groups attached to an aromatic ring is 1. The molecule has 29 heavy (non-hydrogen) atoms. The number of para-hydroxylation sites is 1. The molecule has 7 nitrogen and oxygen atoms in total. The lowest BCUT2D eigenvalue weighted by atomic mass is 10.1. The van der Waals surface area contributed by atoms with Crippen LogP contribution in [0.1, 0.15) is 15.9 Å². The molecule has 142 valence electrons. The predicted molar refractivity (Wildman–Crippen MR) is 113 cm³/mol. The summed E-state index contributed by atoms with van der Waals surface area (Å²) in [7, 11) is 0. The Morgan fingerprint density at radius 2 is 1.83 bits per heavy atom. The molecule has 5 rings (SSSR count). The van der Waals surface area contributed by atoms with Crippen LogP contribution in [0.25, 0.3) is 33.5 Å². The van der Waals surface area contributed by atoms with E-state index in [0.29, 0.717) is 23.6 Å². The number of H-pyrrole nitrogens is 2. The number of carbonyl (C=O) groups is 1. The molecule has 0 aliphatic heterocycles. The maximum Gasteiger partial charge on any atom is 0.251 e. The zero-order chi connectivity index (χ0) is 19.8. The fourth-order valence-electron chi connectivity index (χ4n) is 3.33. The van der Waals surface area contributed by atoms with Gasteiger partial charge in [-0.05, 0) is 42.0 Å². The Labute approximate surface area is 166 Å². The van der Waals surface area contributed by atoms with Crippen molar-refractivity contribution in [3.05, 3.63) is 77.9 Å². The summed E-state index contributed by atoms with van der Waals surface area (Å²) in [6.07, 6.45) is 0. The third-order valence-electron chi connectivity index (χ3n) is 4.87. The summed E-state index contributed by atoms with van der Waals surface area (Å²) in [6, 6.07) is 20.7. The first-order valence-corrected chi connectivity index (χ1v) is 9.23. The Balaban J connectivity index is 1.40. The average Bonchev–Trinajstić information content (AvgIpc) is 3.36. The van der Waals surface area contributed by atoms with Gasteiger partial charge in [0.05, 0.1) is 16.6 Å². The molecule has 0 spiro atoms. The van der Waals surface area contributed by atoms with Gasteiger partial charge in [0.1, 0.15) is 5.69 Å². The number of rotatable bonds is 4. The highest BCUT2D eigenvalue weighted by atomic mass is 16.1. The minimum absolute atomic E-state index is 0.148. The molecule has 0 unspecified atom stereocenters. The first kappa shape index (κ1) is 17.0. The van der Waals surface area contributed by atoms with E-state index < -0.39 is 0 Å². The fraction of sp³-hybridized carbons (Fsp3) is 0.0455. The number of nitrogens with two attached hydrogens (primary N) is 1. The summed E-state index contributed by atoms with van der Waals surface area (Å²) in [6.45, 7) is 0.435. The van der Waals surface area contributed by atoms with E-state index >= 15 is 0 Å². The van der Waals surface area contributed by atoms with Crippen LogP contribution in [0.15, 0.2) is 66.7 Å². The summed E-state index contributed by atoms with van der Waals surface area (Å²) in [5.74, 6) is 0.516. The monoisotopic (exact) mass is 382 g/mol. The summed E-state index contributed by atoms with van der Waals surface area (Å²) in [4.78, 5) is 20.5. The van der Waals surface area contributed by atoms with Gasteiger partial charge in [0.2, 0.25) is 0 Å². The molecule has 0 saturated heterocycles. The number of anilines is 1. The molecule has 0 bridgehead atoms. The second-order valence-corrected chi connectivity index (χ2v) is 6.86. The van der Waals surface area contributed by atoms with Crippen LogP contribution in [-0.4, -0.2) is 26.1 Å². The first-order chi connectivity index (χ1) is 14.2. The number of amides is 1. The van der Waals surface area contributed by atoms with Crippen molar-refractivity contribution in [3.63, 3.8) is 0 Å². The van der Waals surface area contributed by atoms with Crippen LogP contribution in [-0.2, 0) is 6.54 Å². The van der Waals surface area contributed by atoms with E-state index in [4.69, 9.17) is 5.73 Å². The van der Waals surface area contributed by atoms with Crippen LogP contribution in [0, 0.1) is 0 Å². The number of aromatic amines is 2. The molecular weight excluding hydrogens is 364 g/mol. The Morgan fingerprint density at radius 1 is 1.00 bits per heavy atom. The minimum atomic E-state index is -0.148. The first-order valence-electron chi connectivity index (χ1n) is 9.23. The molecule has 0 atom stereocenters. The lowest BCUT2D eigenvalue weighted by Crippen LogP contribution is -2.22. The maximum absolute atomic E-state index is 12.6. The highest BCUT2D eigenvalue weighted by Crippen LogP contribution is 2.26. The maximum atomic E-state index is 12.6. The molecule has 0 saturated carbocycles. The van der Waals surface area contributed by atoms with Crippen molar-refractivity contribution in [3.8, 4) is 11.5 Å². The Morgan fingerprint density at radius 3 is 2.69 bits per heavy atom. The number of imidazole rings is 1. The van der Waals surface area contributed by atoms with Gasteiger partial charge in [-0.1, -0.05) is 30.3 Å². The van der Waals surface area contributed by atoms with E-state index in [1.54, 1.807) is 12.1 Å². The number of hydrogen-bond donors (Lipinski definition) is 4. The third kappa shape index (κ3) is 3.19. The number of benzene rings is 3. The molecule has 2 heterocycles. The average molecular weight is 382 g/mol. The SMILES string of the molecule is Nc1ccc(CNC(=O)c2ccc3nc(-c4n[nH]c5ccccc45)[nH]c3c2)cc1. The van der Waals surface area contributed by atoms with Crippen molar-refractivity contribution in [1.29, 1.82) is 0 Å². The molecule has 0 aliphatic carbocycles. The number of carbonyl (C=O) groups excluding carboxylic acids is 1. The van der Waals surface area contributed by atoms with Gasteiger partial charge in [0.15, 0.2) is 5.82 Å². The van der Waals surface area contributed by atoms with E-state index in [-0.39, 0.29) is 5.91 Å². The van der Waals surface area contributed by atoms with Gasteiger partial charge in [-0.15, -0.1) is 0 Å². The second kappa shape index (κ2) is 6.79. The van der Waals surface area contributed by atoms with E-state index in [9.17, 15) is 4.79 Å². The summed E-state index contributed by atoms with van der Waals surface area (Å²) in [5, 5.41) is 11.3. The third-order valence-corrected chi connectivity index (χ3v) is 4.87. The molecule has 5 aromatic rings. The molecule has 0 fully saturated rings. The number of aromatic nitrogens is 4. The van der Waals surface area contributed by atoms with Crippen molar-refractivity contribution in [2.45, 2.75) is 6.54 Å². The fourth-order valence-corrected chi connectivity index (χ4v) is 3.33. The molecule has 0 aliphatic rings. The molecule has 5 N–H and O–H groups in total. The van der Waals surface area contributed by atoms with Gasteiger partial charge in [-0.3, -0.25) is 9.89 Å². The number of nitrogens with zero attached hydrogens (tertiary/aromatic N) is 2. The molecule has 3 aromatic carbocycles. The summed E-state index contributed by atoms with van der Waals surface area (Å²) in [5.41, 5.74) is 11.2. The second-order valence-electron chi connectivity index (χ2n) is 6.86. The molecule has 7 heteroatoms. The van der Waals surface area contributed by atoms with Crippen molar-refractivity contribution in [1.82, 2.24) is 25.5 Å². The van der Waals surface area contributed by atoms with E-state index in [1.165, 1.54) is 0 Å². The van der Waals surface area contributed by atoms with Crippen LogP contribution in [0.2, 0.25) is 0 Å². The number of fused-ring (bicyclic) bond motifs is 2. The van der Waals surface area contributed by atoms with Crippen molar-refractivity contribution < 1.29 is 4.79 Å². The van der Waals surface area contributed by atoms with Gasteiger partial charge in [0, 0.05) is 23.2 Å². The molecule has 2 aromatic heterocycles. The quantitative estimate of drug-likeness (QED) is 0.356. The largest absolute Gasteiger partial charge is 0.399 e. The Kier molecular flexibility index (Phi) is 3.98. The van der Waals surface area contributed by atoms with E-state index in [2.05, 4.69) is 25.5 Å². The van der Waals surface area contributed by atoms with Gasteiger partial charge >= 0.3 is 0 Å². The predicted octanol–water partition coefficient (Wildman–Crippen LogP) is 3.62. The van der Waals surface area contributed by atoms with E-state index in [1.807, 2.05) is 54.6 Å². The van der Waals surface area contributed by atoms with Crippen LogP contribution in [0.5, 0.6) is 0 Å². The zero-order valence-corrected chi connectivity index (χ0v) is 15.4. The topological polar surface area (TPSA) is 112 Å². The number of hydrogen-bond acceptors (Lipinski definition) is 4. The lowest BCUT2D eigenvalue weighted by Gasteiger charge is -2.06. The molecular formula is C22H18N6O. The number of nitrogens with one attached hydrogen (secondary N) is 3. The molecule has 1 amide bonds. The highest BCUT2D eigenvalue weighted by Gasteiger charge is 2.14. The Bertz CT molecular complexity index is 1330. The van der Waals surface area contributed by atoms with Crippen LogP contribution >= 0.6 is 0 Å². The Hall–Kier alpha value is -4.13. The van der Waals surface area contributed by atoms with Crippen molar-refractivity contribution >= 4 is 33.5 Å². The van der Waals surface area contributed by atoms with Crippen LogP contribution in [0.4, 0.5) is 5.69 Å². The lowest BCUT2D eigenvalue weighted by molar-refractivity contribution is 0.0951. The summed E-state index contributed by atoms with van der Waals surface area (Å²) >= 11 is 0. The van der Waals surface area contributed by atoms with Crippen molar-refractivity contribution in [2.75, 3.05) is 5.73 Å². The van der Waals surface area contributed by atoms with Crippen LogP contribution in [0.3, 0.4) is 0 Å². The summed E-state index contributed by atoms with van der Waals surface area (Å²) < 4.78 is 0. The highest BCUT2D eigenvalue weighted by molar-refractivity contribution is 5.98. The standard InChI is InChI=1S/C22H18N6O/c23-15-8-5-13(6-9-15)12-24-22(29)14-7-10-18-19(11-14)26-21(25-18)20-16-3-1-2-4-17(16)27-28-20/h1-11H,12,23H2,(H,24,29)(H,25,26)(H,27,28). The van der Waals surface area contributed by atoms with Gasteiger partial charge < -0.3 is 16.0 Å². The van der Waals surface area contributed by atoms with Gasteiger partial charge in [-0.2, -0.15) is 5.10 Å². The smallest absolute Gasteiger partial charge is 0.251 e. The zero-order valence-electron chi connectivity index (χ0n) is 15.4. The molecule has 0 radical (unpaired) electrons.